The molecule has 0 saturated heterocycles. The van der Waals surface area contributed by atoms with Crippen LogP contribution in [-0.4, -0.2) is 35.7 Å². The summed E-state index contributed by atoms with van der Waals surface area (Å²) in [6, 6.07) is 4.90. The topological polar surface area (TPSA) is 120 Å². The van der Waals surface area contributed by atoms with Crippen LogP contribution in [0, 0.1) is 11.8 Å². The molecule has 9 nitrogen and oxygen atoms in total. The summed E-state index contributed by atoms with van der Waals surface area (Å²) in [4.78, 5) is 42.4. The second-order valence-corrected chi connectivity index (χ2v) is 8.87. The highest BCUT2D eigenvalue weighted by molar-refractivity contribution is 6.07. The van der Waals surface area contributed by atoms with E-state index in [9.17, 15) is 14.4 Å². The number of aromatic amines is 1. The molecule has 0 saturated carbocycles. The van der Waals surface area contributed by atoms with E-state index >= 15 is 0 Å². The number of aromatic nitrogens is 2. The molecule has 0 unspecified atom stereocenters. The van der Waals surface area contributed by atoms with E-state index in [4.69, 9.17) is 15.2 Å². The summed E-state index contributed by atoms with van der Waals surface area (Å²) in [7, 11) is 1.51. The molecular weight excluding hydrogens is 424 g/mol. The van der Waals surface area contributed by atoms with Crippen molar-refractivity contribution in [2.24, 2.45) is 11.8 Å². The summed E-state index contributed by atoms with van der Waals surface area (Å²) in [5.74, 6) is 0.667. The maximum absolute atomic E-state index is 13.6. The third-order valence-corrected chi connectivity index (χ3v) is 4.99. The average molecular weight is 461 g/mol. The van der Waals surface area contributed by atoms with Crippen molar-refractivity contribution in [2.75, 3.05) is 30.9 Å². The van der Waals surface area contributed by atoms with Gasteiger partial charge in [-0.1, -0.05) is 41.0 Å². The van der Waals surface area contributed by atoms with Gasteiger partial charge < -0.3 is 20.1 Å². The quantitative estimate of drug-likeness (QED) is 0.497. The third kappa shape index (κ3) is 6.40. The van der Waals surface area contributed by atoms with E-state index in [2.05, 4.69) is 11.9 Å². The maximum atomic E-state index is 13.6. The molecule has 33 heavy (non-hydrogen) atoms. The van der Waals surface area contributed by atoms with E-state index in [0.717, 1.165) is 12.8 Å². The molecule has 0 spiro atoms. The zero-order chi connectivity index (χ0) is 24.7. The molecule has 182 valence electrons. The number of carbonyl (C=O) groups is 1. The Bertz CT molecular complexity index is 1070. The number of nitrogens with two attached hydrogens (primary N) is 1. The molecule has 0 fully saturated rings. The van der Waals surface area contributed by atoms with Gasteiger partial charge in [-0.3, -0.25) is 19.1 Å². The van der Waals surface area contributed by atoms with Crippen LogP contribution in [0.15, 0.2) is 27.8 Å². The predicted molar refractivity (Wildman–Crippen MR) is 130 cm³/mol. The molecule has 0 aliphatic carbocycles. The summed E-state index contributed by atoms with van der Waals surface area (Å²) in [6.07, 6.45) is 1.90. The number of methoxy groups -OCH3 is 1. The number of amides is 1. The van der Waals surface area contributed by atoms with E-state index in [1.807, 2.05) is 27.7 Å². The second-order valence-electron chi connectivity index (χ2n) is 8.87. The van der Waals surface area contributed by atoms with E-state index in [-0.39, 0.29) is 29.9 Å². The molecule has 0 aliphatic rings. The fraction of sp³-hybridized carbons (Fsp3) is 0.542. The van der Waals surface area contributed by atoms with Gasteiger partial charge in [-0.2, -0.15) is 0 Å². The Hall–Kier alpha value is -3.23. The van der Waals surface area contributed by atoms with Gasteiger partial charge in [0.05, 0.1) is 13.7 Å². The molecule has 1 aromatic heterocycles. The number of nitrogens with zero attached hydrogens (tertiary/aromatic N) is 2. The van der Waals surface area contributed by atoms with Crippen molar-refractivity contribution < 1.29 is 14.3 Å². The number of rotatable bonds is 11. The van der Waals surface area contributed by atoms with Gasteiger partial charge in [-0.05, 0) is 36.5 Å². The first-order chi connectivity index (χ1) is 15.6. The van der Waals surface area contributed by atoms with Crippen molar-refractivity contribution >= 4 is 17.4 Å². The van der Waals surface area contributed by atoms with Gasteiger partial charge in [0.2, 0.25) is 0 Å². The number of hydrogen-bond donors (Lipinski definition) is 2. The first-order valence-electron chi connectivity index (χ1n) is 11.4. The Morgan fingerprint density at radius 2 is 1.85 bits per heavy atom. The summed E-state index contributed by atoms with van der Waals surface area (Å²) < 4.78 is 12.5. The van der Waals surface area contributed by atoms with Crippen molar-refractivity contribution in [2.45, 2.75) is 54.0 Å². The average Bonchev–Trinajstić information content (AvgIpc) is 2.75. The molecule has 0 bridgehead atoms. The van der Waals surface area contributed by atoms with Crippen LogP contribution in [0.4, 0.5) is 11.5 Å². The number of nitrogen functional groups attached to an aromatic ring is 1. The summed E-state index contributed by atoms with van der Waals surface area (Å²) in [5, 5.41) is 0. The lowest BCUT2D eigenvalue weighted by Crippen LogP contribution is -2.43. The fourth-order valence-corrected chi connectivity index (χ4v) is 3.43. The Balaban J connectivity index is 2.55. The van der Waals surface area contributed by atoms with Gasteiger partial charge in [0.25, 0.3) is 11.5 Å². The molecule has 1 heterocycles. The Kier molecular flexibility index (Phi) is 9.13. The van der Waals surface area contributed by atoms with Crippen LogP contribution in [0.5, 0.6) is 11.5 Å². The number of benzene rings is 1. The van der Waals surface area contributed by atoms with Crippen molar-refractivity contribution in [3.05, 3.63) is 44.6 Å². The van der Waals surface area contributed by atoms with Crippen LogP contribution >= 0.6 is 0 Å². The van der Waals surface area contributed by atoms with Gasteiger partial charge >= 0.3 is 5.69 Å². The van der Waals surface area contributed by atoms with Gasteiger partial charge in [-0.15, -0.1) is 0 Å². The Labute approximate surface area is 194 Å². The van der Waals surface area contributed by atoms with E-state index in [1.165, 1.54) is 16.6 Å². The molecule has 2 aromatic rings. The van der Waals surface area contributed by atoms with Crippen LogP contribution in [-0.2, 0) is 6.54 Å². The Morgan fingerprint density at radius 3 is 2.42 bits per heavy atom. The number of H-pyrrole nitrogens is 1. The third-order valence-electron chi connectivity index (χ3n) is 4.99. The number of nitrogens with one attached hydrogen (secondary N) is 1. The smallest absolute Gasteiger partial charge is 0.330 e. The van der Waals surface area contributed by atoms with Gasteiger partial charge in [0.1, 0.15) is 5.82 Å². The summed E-state index contributed by atoms with van der Waals surface area (Å²) >= 11 is 0. The number of carbonyl (C=O) groups excluding carboxylic acids is 1. The molecule has 1 aromatic carbocycles. The van der Waals surface area contributed by atoms with E-state index in [1.54, 1.807) is 18.2 Å². The van der Waals surface area contributed by atoms with Crippen LogP contribution in [0.3, 0.4) is 0 Å². The van der Waals surface area contributed by atoms with Gasteiger partial charge in [-0.25, -0.2) is 4.79 Å². The number of ether oxygens (including phenoxy) is 2. The highest BCUT2D eigenvalue weighted by atomic mass is 16.5. The summed E-state index contributed by atoms with van der Waals surface area (Å²) in [6.45, 7) is 10.9. The van der Waals surface area contributed by atoms with Crippen LogP contribution < -0.4 is 31.4 Å². The molecule has 2 rings (SSSR count). The first kappa shape index (κ1) is 26.0. The minimum atomic E-state index is -0.696. The number of anilines is 2. The van der Waals surface area contributed by atoms with Gasteiger partial charge in [0, 0.05) is 18.7 Å². The molecule has 0 aliphatic heterocycles. The molecule has 3 N–H and O–H groups in total. The second kappa shape index (κ2) is 11.6. The minimum absolute atomic E-state index is 0.0297. The standard InChI is InChI=1S/C24H36N4O5/c1-7-8-11-33-18-10-9-17(12-19(18)32-6)23(30)27(13-15(2)3)20-21(25)28(14-16(4)5)24(31)26-22(20)29/h9-10,12,15-16H,7-8,11,13-14,25H2,1-6H3,(H,26,29,31). The van der Waals surface area contributed by atoms with Crippen molar-refractivity contribution in [1.29, 1.82) is 0 Å². The first-order valence-corrected chi connectivity index (χ1v) is 11.4. The monoisotopic (exact) mass is 460 g/mol. The highest BCUT2D eigenvalue weighted by Gasteiger charge is 2.27. The predicted octanol–water partition coefficient (Wildman–Crippen LogP) is 3.27. The van der Waals surface area contributed by atoms with Crippen molar-refractivity contribution in [3.8, 4) is 11.5 Å². The maximum Gasteiger partial charge on any atom is 0.330 e. The molecule has 0 radical (unpaired) electrons. The van der Waals surface area contributed by atoms with Crippen LogP contribution in [0.1, 0.15) is 57.8 Å². The SMILES string of the molecule is CCCCOc1ccc(C(=O)N(CC(C)C)c2c(N)n(CC(C)C)c(=O)[nH]c2=O)cc1OC. The van der Waals surface area contributed by atoms with Crippen LogP contribution in [0.25, 0.3) is 0 Å². The molecule has 9 heteroatoms. The van der Waals surface area contributed by atoms with E-state index in [0.29, 0.717) is 30.2 Å². The highest BCUT2D eigenvalue weighted by Crippen LogP contribution is 2.30. The lowest BCUT2D eigenvalue weighted by Gasteiger charge is -2.26. The largest absolute Gasteiger partial charge is 0.493 e. The zero-order valence-electron chi connectivity index (χ0n) is 20.4. The van der Waals surface area contributed by atoms with Crippen molar-refractivity contribution in [1.82, 2.24) is 9.55 Å². The number of unbranched alkanes of at least 4 members (excludes halogenated alkanes) is 1. The summed E-state index contributed by atoms with van der Waals surface area (Å²) in [5.41, 5.74) is 5.27. The Morgan fingerprint density at radius 1 is 1.15 bits per heavy atom. The zero-order valence-corrected chi connectivity index (χ0v) is 20.4. The van der Waals surface area contributed by atoms with Gasteiger partial charge in [0.15, 0.2) is 17.2 Å². The number of hydrogen-bond acceptors (Lipinski definition) is 6. The molecule has 0 atom stereocenters. The minimum Gasteiger partial charge on any atom is -0.493 e. The van der Waals surface area contributed by atoms with E-state index < -0.39 is 17.2 Å². The lowest BCUT2D eigenvalue weighted by atomic mass is 10.1. The molecular formula is C24H36N4O5. The normalized spacial score (nSPS) is 11.2. The van der Waals surface area contributed by atoms with Crippen molar-refractivity contribution in [3.63, 3.8) is 0 Å². The molecule has 1 amide bonds. The lowest BCUT2D eigenvalue weighted by molar-refractivity contribution is 0.0983. The fourth-order valence-electron chi connectivity index (χ4n) is 3.43. The van der Waals surface area contributed by atoms with Crippen LogP contribution in [0.2, 0.25) is 0 Å².